The van der Waals surface area contributed by atoms with Gasteiger partial charge in [0.05, 0.1) is 14.2 Å². The Morgan fingerprint density at radius 2 is 2.15 bits per heavy atom. The van der Waals surface area contributed by atoms with Crippen LogP contribution in [-0.4, -0.2) is 33.8 Å². The summed E-state index contributed by atoms with van der Waals surface area (Å²) in [4.78, 5) is 8.01. The molecule has 0 saturated heterocycles. The smallest absolute Gasteiger partial charge is 0.336 e. The molecule has 0 aliphatic carbocycles. The molecule has 2 aromatic rings. The van der Waals surface area contributed by atoms with Crippen LogP contribution < -0.4 is 9.47 Å². The summed E-state index contributed by atoms with van der Waals surface area (Å²) in [5, 5.41) is 4.00. The molecular formula is C7H8N4O2. The first-order chi connectivity index (χ1) is 6.35. The lowest BCUT2D eigenvalue weighted by Crippen LogP contribution is -1.98. The van der Waals surface area contributed by atoms with Gasteiger partial charge in [-0.25, -0.2) is 4.98 Å². The second-order valence-corrected chi connectivity index (χ2v) is 2.30. The molecular weight excluding hydrogens is 172 g/mol. The number of hydrogen-bond acceptors (Lipinski definition) is 5. The predicted octanol–water partition coefficient (Wildman–Crippen LogP) is 0.141. The highest BCUT2D eigenvalue weighted by atomic mass is 16.5. The van der Waals surface area contributed by atoms with Crippen LogP contribution in [0.4, 0.5) is 0 Å². The first-order valence-electron chi connectivity index (χ1n) is 3.65. The highest BCUT2D eigenvalue weighted by Gasteiger charge is 2.07. The Bertz CT molecular complexity index is 425. The van der Waals surface area contributed by atoms with Crippen molar-refractivity contribution in [3.63, 3.8) is 0 Å². The SMILES string of the molecule is COc1nc2ccnc(OC)n2n1. The van der Waals surface area contributed by atoms with E-state index < -0.39 is 0 Å². The molecule has 2 aromatic heterocycles. The predicted molar refractivity (Wildman–Crippen MR) is 43.9 cm³/mol. The van der Waals surface area contributed by atoms with Gasteiger partial charge in [-0.05, 0) is 0 Å². The molecule has 2 heterocycles. The highest BCUT2D eigenvalue weighted by Crippen LogP contribution is 2.11. The van der Waals surface area contributed by atoms with E-state index in [-0.39, 0.29) is 0 Å². The summed E-state index contributed by atoms with van der Waals surface area (Å²) in [6.07, 6.45) is 1.60. The first kappa shape index (κ1) is 7.78. The van der Waals surface area contributed by atoms with Crippen molar-refractivity contribution in [1.29, 1.82) is 0 Å². The largest absolute Gasteiger partial charge is 0.467 e. The van der Waals surface area contributed by atoms with Crippen molar-refractivity contribution in [2.24, 2.45) is 0 Å². The molecule has 0 spiro atoms. The summed E-state index contributed by atoms with van der Waals surface area (Å²) in [7, 11) is 3.03. The molecule has 0 bridgehead atoms. The number of nitrogens with zero attached hydrogens (tertiary/aromatic N) is 4. The zero-order valence-corrected chi connectivity index (χ0v) is 7.26. The van der Waals surface area contributed by atoms with Crippen molar-refractivity contribution in [2.75, 3.05) is 14.2 Å². The van der Waals surface area contributed by atoms with Gasteiger partial charge in [0, 0.05) is 12.3 Å². The number of rotatable bonds is 2. The number of hydrogen-bond donors (Lipinski definition) is 0. The Morgan fingerprint density at radius 3 is 2.85 bits per heavy atom. The lowest BCUT2D eigenvalue weighted by Gasteiger charge is -1.97. The van der Waals surface area contributed by atoms with Crippen LogP contribution in [0.15, 0.2) is 12.3 Å². The monoisotopic (exact) mass is 180 g/mol. The molecule has 6 heteroatoms. The van der Waals surface area contributed by atoms with E-state index in [0.29, 0.717) is 17.7 Å². The van der Waals surface area contributed by atoms with Crippen molar-refractivity contribution in [3.8, 4) is 12.0 Å². The molecule has 0 saturated carbocycles. The minimum atomic E-state index is 0.298. The van der Waals surface area contributed by atoms with E-state index in [1.807, 2.05) is 0 Å². The third-order valence-electron chi connectivity index (χ3n) is 1.57. The Kier molecular flexibility index (Phi) is 1.73. The molecule has 68 valence electrons. The molecule has 6 nitrogen and oxygen atoms in total. The van der Waals surface area contributed by atoms with Crippen LogP contribution in [0, 0.1) is 0 Å². The molecule has 0 aromatic carbocycles. The Morgan fingerprint density at radius 1 is 1.31 bits per heavy atom. The summed E-state index contributed by atoms with van der Waals surface area (Å²) in [6.45, 7) is 0. The van der Waals surface area contributed by atoms with Crippen LogP contribution in [0.2, 0.25) is 0 Å². The van der Waals surface area contributed by atoms with Crippen LogP contribution in [0.3, 0.4) is 0 Å². The number of fused-ring (bicyclic) bond motifs is 1. The van der Waals surface area contributed by atoms with Crippen LogP contribution in [0.5, 0.6) is 12.0 Å². The standard InChI is InChI=1S/C7H8N4O2/c1-12-6-9-5-3-4-8-7(13-2)11(5)10-6/h3-4H,1-2H3. The Hall–Kier alpha value is -1.85. The summed E-state index contributed by atoms with van der Waals surface area (Å²) < 4.78 is 11.3. The number of methoxy groups -OCH3 is 2. The van der Waals surface area contributed by atoms with Crippen LogP contribution in [0.25, 0.3) is 5.65 Å². The van der Waals surface area contributed by atoms with E-state index in [1.54, 1.807) is 12.3 Å². The van der Waals surface area contributed by atoms with Gasteiger partial charge < -0.3 is 9.47 Å². The van der Waals surface area contributed by atoms with E-state index in [2.05, 4.69) is 15.1 Å². The molecule has 0 fully saturated rings. The van der Waals surface area contributed by atoms with Gasteiger partial charge in [0.1, 0.15) is 0 Å². The van der Waals surface area contributed by atoms with Crippen LogP contribution in [0.1, 0.15) is 0 Å². The maximum Gasteiger partial charge on any atom is 0.336 e. The fourth-order valence-electron chi connectivity index (χ4n) is 1.00. The van der Waals surface area contributed by atoms with E-state index >= 15 is 0 Å². The third-order valence-corrected chi connectivity index (χ3v) is 1.57. The maximum atomic E-state index is 4.98. The highest BCUT2D eigenvalue weighted by molar-refractivity contribution is 5.38. The maximum absolute atomic E-state index is 4.98. The van der Waals surface area contributed by atoms with Gasteiger partial charge in [0.2, 0.25) is 0 Å². The fraction of sp³-hybridized carbons (Fsp3) is 0.286. The van der Waals surface area contributed by atoms with Gasteiger partial charge in [0.25, 0.3) is 0 Å². The topological polar surface area (TPSA) is 61.5 Å². The molecule has 2 rings (SSSR count). The van der Waals surface area contributed by atoms with E-state index in [9.17, 15) is 0 Å². The number of aromatic nitrogens is 4. The molecule has 0 atom stereocenters. The molecule has 0 unspecified atom stereocenters. The zero-order valence-electron chi connectivity index (χ0n) is 7.26. The van der Waals surface area contributed by atoms with Gasteiger partial charge in [0.15, 0.2) is 5.65 Å². The van der Waals surface area contributed by atoms with Gasteiger partial charge in [-0.15, -0.1) is 5.10 Å². The van der Waals surface area contributed by atoms with Crippen LogP contribution in [-0.2, 0) is 0 Å². The minimum absolute atomic E-state index is 0.298. The van der Waals surface area contributed by atoms with Crippen molar-refractivity contribution < 1.29 is 9.47 Å². The molecule has 0 amide bonds. The average molecular weight is 180 g/mol. The second kappa shape index (κ2) is 2.89. The van der Waals surface area contributed by atoms with Crippen molar-refractivity contribution in [1.82, 2.24) is 19.6 Å². The van der Waals surface area contributed by atoms with Gasteiger partial charge in [-0.3, -0.25) is 0 Å². The van der Waals surface area contributed by atoms with Gasteiger partial charge in [-0.2, -0.15) is 9.50 Å². The second-order valence-electron chi connectivity index (χ2n) is 2.30. The molecule has 13 heavy (non-hydrogen) atoms. The summed E-state index contributed by atoms with van der Waals surface area (Å²) in [5.74, 6) is 0. The van der Waals surface area contributed by atoms with E-state index in [1.165, 1.54) is 18.7 Å². The Labute approximate surface area is 74.1 Å². The van der Waals surface area contributed by atoms with Crippen molar-refractivity contribution in [3.05, 3.63) is 12.3 Å². The Balaban J connectivity index is 2.67. The van der Waals surface area contributed by atoms with E-state index in [4.69, 9.17) is 9.47 Å². The van der Waals surface area contributed by atoms with Crippen LogP contribution >= 0.6 is 0 Å². The minimum Gasteiger partial charge on any atom is -0.467 e. The average Bonchev–Trinajstić information content (AvgIpc) is 2.59. The summed E-state index contributed by atoms with van der Waals surface area (Å²) in [6, 6.07) is 2.40. The van der Waals surface area contributed by atoms with E-state index in [0.717, 1.165) is 0 Å². The fourth-order valence-corrected chi connectivity index (χ4v) is 1.00. The molecule has 0 aliphatic heterocycles. The van der Waals surface area contributed by atoms with Crippen molar-refractivity contribution >= 4 is 5.65 Å². The summed E-state index contributed by atoms with van der Waals surface area (Å²) in [5.41, 5.74) is 0.642. The van der Waals surface area contributed by atoms with Gasteiger partial charge >= 0.3 is 12.0 Å². The lowest BCUT2D eigenvalue weighted by atomic mass is 10.6. The number of ether oxygens (including phenoxy) is 2. The summed E-state index contributed by atoms with van der Waals surface area (Å²) >= 11 is 0. The van der Waals surface area contributed by atoms with Gasteiger partial charge in [-0.1, -0.05) is 0 Å². The third kappa shape index (κ3) is 1.16. The normalized spacial score (nSPS) is 10.3. The first-order valence-corrected chi connectivity index (χ1v) is 3.65. The zero-order chi connectivity index (χ0) is 9.26. The molecule has 0 aliphatic rings. The molecule has 0 N–H and O–H groups in total. The quantitative estimate of drug-likeness (QED) is 0.657. The molecule has 0 radical (unpaired) electrons. The lowest BCUT2D eigenvalue weighted by molar-refractivity contribution is 0.355. The van der Waals surface area contributed by atoms with Crippen molar-refractivity contribution in [2.45, 2.75) is 0 Å².